The van der Waals surface area contributed by atoms with Gasteiger partial charge >= 0.3 is 0 Å². The fourth-order valence-electron chi connectivity index (χ4n) is 2.10. The van der Waals surface area contributed by atoms with E-state index in [1.54, 1.807) is 0 Å². The average molecular weight is 258 g/mol. The van der Waals surface area contributed by atoms with E-state index in [0.717, 1.165) is 12.2 Å². The van der Waals surface area contributed by atoms with E-state index in [1.165, 1.54) is 17.5 Å². The Labute approximate surface area is 114 Å². The summed E-state index contributed by atoms with van der Waals surface area (Å²) in [5, 5.41) is 10.1. The first-order valence-electron chi connectivity index (χ1n) is 6.81. The maximum absolute atomic E-state index is 4.10. The molecule has 4 heteroatoms. The summed E-state index contributed by atoms with van der Waals surface area (Å²) in [6.45, 7) is 7.35. The van der Waals surface area contributed by atoms with E-state index in [9.17, 15) is 0 Å². The molecule has 0 amide bonds. The van der Waals surface area contributed by atoms with Gasteiger partial charge in [-0.2, -0.15) is 5.10 Å². The zero-order valence-corrected chi connectivity index (χ0v) is 11.9. The van der Waals surface area contributed by atoms with Crippen LogP contribution in [0.5, 0.6) is 0 Å². The van der Waals surface area contributed by atoms with Crippen LogP contribution in [0.4, 0.5) is 0 Å². The Kier molecular flexibility index (Phi) is 4.68. The molecule has 2 aromatic rings. The van der Waals surface area contributed by atoms with Crippen LogP contribution in [0.25, 0.3) is 0 Å². The lowest BCUT2D eigenvalue weighted by Gasteiger charge is -2.14. The first kappa shape index (κ1) is 13.7. The fourth-order valence-corrected chi connectivity index (χ4v) is 2.10. The molecule has 1 unspecified atom stereocenters. The van der Waals surface area contributed by atoms with Crippen LogP contribution in [0.15, 0.2) is 30.6 Å². The molecule has 0 bridgehead atoms. The van der Waals surface area contributed by atoms with Crippen molar-refractivity contribution in [2.45, 2.75) is 39.8 Å². The third-order valence-electron chi connectivity index (χ3n) is 3.16. The van der Waals surface area contributed by atoms with Gasteiger partial charge < -0.3 is 5.32 Å². The van der Waals surface area contributed by atoms with Gasteiger partial charge in [-0.15, -0.1) is 0 Å². The second-order valence-electron chi connectivity index (χ2n) is 5.37. The van der Waals surface area contributed by atoms with Gasteiger partial charge in [-0.05, 0) is 30.4 Å². The topological polar surface area (TPSA) is 53.6 Å². The Balaban J connectivity index is 1.90. The van der Waals surface area contributed by atoms with Crippen LogP contribution in [-0.4, -0.2) is 15.2 Å². The summed E-state index contributed by atoms with van der Waals surface area (Å²) in [5.74, 6) is 1.57. The molecular weight excluding hydrogens is 236 g/mol. The van der Waals surface area contributed by atoms with Crippen molar-refractivity contribution in [1.82, 2.24) is 20.5 Å². The van der Waals surface area contributed by atoms with E-state index in [1.807, 2.05) is 0 Å². The third-order valence-corrected chi connectivity index (χ3v) is 3.16. The van der Waals surface area contributed by atoms with E-state index in [2.05, 4.69) is 65.5 Å². The molecule has 0 fully saturated rings. The molecule has 0 aliphatic rings. The number of benzene rings is 1. The lowest BCUT2D eigenvalue weighted by Crippen LogP contribution is -2.18. The quantitative estimate of drug-likeness (QED) is 0.837. The van der Waals surface area contributed by atoms with E-state index >= 15 is 0 Å². The maximum Gasteiger partial charge on any atom is 0.138 e. The van der Waals surface area contributed by atoms with Crippen molar-refractivity contribution in [2.75, 3.05) is 0 Å². The Morgan fingerprint density at radius 1 is 1.16 bits per heavy atom. The van der Waals surface area contributed by atoms with Crippen LogP contribution in [0, 0.1) is 5.92 Å². The van der Waals surface area contributed by atoms with Gasteiger partial charge in [0.15, 0.2) is 0 Å². The van der Waals surface area contributed by atoms with Gasteiger partial charge in [-0.1, -0.05) is 38.1 Å². The van der Waals surface area contributed by atoms with Crippen molar-refractivity contribution in [3.8, 4) is 0 Å². The van der Waals surface area contributed by atoms with Gasteiger partial charge in [0.25, 0.3) is 0 Å². The number of nitrogens with zero attached hydrogens (tertiary/aromatic N) is 2. The minimum atomic E-state index is 0.304. The van der Waals surface area contributed by atoms with Crippen LogP contribution in [0.2, 0.25) is 0 Å². The zero-order valence-electron chi connectivity index (χ0n) is 11.9. The Bertz CT molecular complexity index is 473. The lowest BCUT2D eigenvalue weighted by molar-refractivity contribution is 0.560. The van der Waals surface area contributed by atoms with Gasteiger partial charge in [0, 0.05) is 6.04 Å². The van der Waals surface area contributed by atoms with Crippen molar-refractivity contribution in [2.24, 2.45) is 5.92 Å². The predicted octanol–water partition coefficient (Wildman–Crippen LogP) is 2.85. The number of rotatable bonds is 6. The molecule has 2 N–H and O–H groups in total. The largest absolute Gasteiger partial charge is 0.303 e. The summed E-state index contributed by atoms with van der Waals surface area (Å²) < 4.78 is 0. The summed E-state index contributed by atoms with van der Waals surface area (Å²) in [5.41, 5.74) is 2.70. The highest BCUT2D eigenvalue weighted by Gasteiger charge is 2.06. The minimum absolute atomic E-state index is 0.304. The van der Waals surface area contributed by atoms with Gasteiger partial charge in [0.05, 0.1) is 6.54 Å². The molecule has 0 radical (unpaired) electrons. The van der Waals surface area contributed by atoms with E-state index in [4.69, 9.17) is 0 Å². The molecule has 1 heterocycles. The molecule has 0 saturated carbocycles. The average Bonchev–Trinajstić information content (AvgIpc) is 2.89. The zero-order chi connectivity index (χ0) is 13.7. The van der Waals surface area contributed by atoms with Crippen LogP contribution >= 0.6 is 0 Å². The number of nitrogens with one attached hydrogen (secondary N) is 2. The monoisotopic (exact) mass is 258 g/mol. The van der Waals surface area contributed by atoms with E-state index in [0.29, 0.717) is 18.5 Å². The Morgan fingerprint density at radius 2 is 1.89 bits per heavy atom. The number of H-pyrrole nitrogens is 1. The fraction of sp³-hybridized carbons (Fsp3) is 0.467. The molecule has 19 heavy (non-hydrogen) atoms. The van der Waals surface area contributed by atoms with Gasteiger partial charge in [0.1, 0.15) is 12.2 Å². The first-order valence-corrected chi connectivity index (χ1v) is 6.81. The summed E-state index contributed by atoms with van der Waals surface area (Å²) in [6.07, 6.45) is 2.67. The molecule has 0 aliphatic carbocycles. The third kappa shape index (κ3) is 4.17. The molecule has 0 saturated heterocycles. The van der Waals surface area contributed by atoms with E-state index in [-0.39, 0.29) is 0 Å². The normalized spacial score (nSPS) is 12.8. The van der Waals surface area contributed by atoms with Crippen molar-refractivity contribution >= 4 is 0 Å². The Morgan fingerprint density at radius 3 is 2.47 bits per heavy atom. The Hall–Kier alpha value is -1.68. The maximum atomic E-state index is 4.10. The molecule has 0 aliphatic heterocycles. The number of aromatic amines is 1. The second-order valence-corrected chi connectivity index (χ2v) is 5.37. The summed E-state index contributed by atoms with van der Waals surface area (Å²) in [6, 6.07) is 9.16. The second kappa shape index (κ2) is 6.48. The number of aromatic nitrogens is 3. The smallest absolute Gasteiger partial charge is 0.138 e. The number of hydrogen-bond acceptors (Lipinski definition) is 3. The SMILES string of the molecule is CC(C)Cc1ccc(C(C)NCc2ncn[nH]2)cc1. The molecular formula is C15H22N4. The summed E-state index contributed by atoms with van der Waals surface area (Å²) >= 11 is 0. The lowest BCUT2D eigenvalue weighted by atomic mass is 10.00. The first-order chi connectivity index (χ1) is 9.15. The van der Waals surface area contributed by atoms with Crippen molar-refractivity contribution in [3.05, 3.63) is 47.5 Å². The van der Waals surface area contributed by atoms with Crippen molar-refractivity contribution < 1.29 is 0 Å². The molecule has 4 nitrogen and oxygen atoms in total. The molecule has 0 spiro atoms. The van der Waals surface area contributed by atoms with Gasteiger partial charge in [-0.25, -0.2) is 4.98 Å². The molecule has 1 aromatic carbocycles. The van der Waals surface area contributed by atoms with Crippen LogP contribution in [0.1, 0.15) is 43.8 Å². The highest BCUT2D eigenvalue weighted by Crippen LogP contribution is 2.15. The summed E-state index contributed by atoms with van der Waals surface area (Å²) in [4.78, 5) is 4.10. The van der Waals surface area contributed by atoms with Gasteiger partial charge in [0.2, 0.25) is 0 Å². The van der Waals surface area contributed by atoms with Gasteiger partial charge in [-0.3, -0.25) is 5.10 Å². The van der Waals surface area contributed by atoms with Crippen molar-refractivity contribution in [1.29, 1.82) is 0 Å². The van der Waals surface area contributed by atoms with Crippen molar-refractivity contribution in [3.63, 3.8) is 0 Å². The molecule has 1 aromatic heterocycles. The highest BCUT2D eigenvalue weighted by atomic mass is 15.2. The molecule has 2 rings (SSSR count). The molecule has 1 atom stereocenters. The van der Waals surface area contributed by atoms with Crippen LogP contribution in [-0.2, 0) is 13.0 Å². The van der Waals surface area contributed by atoms with Crippen LogP contribution in [0.3, 0.4) is 0 Å². The summed E-state index contributed by atoms with van der Waals surface area (Å²) in [7, 11) is 0. The highest BCUT2D eigenvalue weighted by molar-refractivity contribution is 5.25. The molecule has 102 valence electrons. The number of hydrogen-bond donors (Lipinski definition) is 2. The van der Waals surface area contributed by atoms with E-state index < -0.39 is 0 Å². The minimum Gasteiger partial charge on any atom is -0.303 e. The van der Waals surface area contributed by atoms with Crippen LogP contribution < -0.4 is 5.32 Å². The predicted molar refractivity (Wildman–Crippen MR) is 76.6 cm³/mol. The standard InChI is InChI=1S/C15H22N4/c1-11(2)8-13-4-6-14(7-5-13)12(3)16-9-15-17-10-18-19-15/h4-7,10-12,16H,8-9H2,1-3H3,(H,17,18,19).